The average molecular weight is 314 g/mol. The first-order valence-corrected chi connectivity index (χ1v) is 8.51. The topological polar surface area (TPSA) is 84.0 Å². The van der Waals surface area contributed by atoms with Gasteiger partial charge < -0.3 is 5.32 Å². The van der Waals surface area contributed by atoms with Gasteiger partial charge in [-0.05, 0) is 18.8 Å². The van der Waals surface area contributed by atoms with E-state index < -0.39 is 6.03 Å². The van der Waals surface area contributed by atoms with E-state index in [4.69, 9.17) is 0 Å². The van der Waals surface area contributed by atoms with Gasteiger partial charge in [0.15, 0.2) is 4.34 Å². The quantitative estimate of drug-likeness (QED) is 0.831. The Balaban J connectivity index is 1.69. The van der Waals surface area contributed by atoms with Crippen molar-refractivity contribution in [2.75, 3.05) is 5.75 Å². The first kappa shape index (κ1) is 15.2. The molecule has 1 aromatic rings. The van der Waals surface area contributed by atoms with Gasteiger partial charge >= 0.3 is 6.03 Å². The van der Waals surface area contributed by atoms with E-state index in [1.807, 2.05) is 0 Å². The van der Waals surface area contributed by atoms with E-state index in [0.717, 1.165) is 23.6 Å². The fourth-order valence-electron chi connectivity index (χ4n) is 2.25. The van der Waals surface area contributed by atoms with Crippen molar-refractivity contribution in [1.82, 2.24) is 20.8 Å². The summed E-state index contributed by atoms with van der Waals surface area (Å²) >= 11 is 2.65. The van der Waals surface area contributed by atoms with Gasteiger partial charge in [-0.15, -0.1) is 10.2 Å². The molecule has 20 heavy (non-hydrogen) atoms. The third kappa shape index (κ3) is 4.75. The maximum absolute atomic E-state index is 11.8. The van der Waals surface area contributed by atoms with Gasteiger partial charge in [0.05, 0.1) is 5.75 Å². The molecule has 0 aliphatic heterocycles. The second-order valence-electron chi connectivity index (χ2n) is 4.88. The molecule has 1 fully saturated rings. The van der Waals surface area contributed by atoms with Crippen molar-refractivity contribution in [2.45, 2.75) is 43.0 Å². The summed E-state index contributed by atoms with van der Waals surface area (Å²) in [7, 11) is 0. The van der Waals surface area contributed by atoms with Crippen LogP contribution in [-0.2, 0) is 4.79 Å². The van der Waals surface area contributed by atoms with Crippen molar-refractivity contribution in [2.24, 2.45) is 5.92 Å². The Labute approximate surface area is 126 Å². The smallest absolute Gasteiger partial charge is 0.321 e. The predicted octanol–water partition coefficient (Wildman–Crippen LogP) is 2.03. The van der Waals surface area contributed by atoms with Crippen LogP contribution >= 0.6 is 23.1 Å². The van der Waals surface area contributed by atoms with Crippen molar-refractivity contribution in [3.05, 3.63) is 5.51 Å². The highest BCUT2D eigenvalue weighted by atomic mass is 32.2. The summed E-state index contributed by atoms with van der Waals surface area (Å²) < 4.78 is 0.724. The Bertz CT molecular complexity index is 452. The van der Waals surface area contributed by atoms with Crippen LogP contribution in [0.4, 0.5) is 4.79 Å². The van der Waals surface area contributed by atoms with Crippen LogP contribution in [0.3, 0.4) is 0 Å². The van der Waals surface area contributed by atoms with E-state index in [-0.39, 0.29) is 17.7 Å². The number of aromatic nitrogens is 2. The molecule has 0 spiro atoms. The molecule has 8 heteroatoms. The number of carbonyl (C=O) groups excluding carboxylic acids is 2. The summed E-state index contributed by atoms with van der Waals surface area (Å²) in [5.74, 6) is 0.328. The Morgan fingerprint density at radius 3 is 2.95 bits per heavy atom. The van der Waals surface area contributed by atoms with Crippen molar-refractivity contribution in [1.29, 1.82) is 0 Å². The summed E-state index contributed by atoms with van der Waals surface area (Å²) in [6.45, 7) is 2.14. The Hall–Kier alpha value is -1.15. The van der Waals surface area contributed by atoms with Crippen LogP contribution in [-0.4, -0.2) is 33.9 Å². The van der Waals surface area contributed by atoms with E-state index in [9.17, 15) is 9.59 Å². The van der Waals surface area contributed by atoms with Gasteiger partial charge in [-0.1, -0.05) is 42.9 Å². The molecule has 1 saturated carbocycles. The molecule has 0 unspecified atom stereocenters. The van der Waals surface area contributed by atoms with Crippen LogP contribution in [0, 0.1) is 5.92 Å². The maximum atomic E-state index is 11.8. The first-order valence-electron chi connectivity index (χ1n) is 6.64. The Morgan fingerprint density at radius 2 is 2.25 bits per heavy atom. The molecule has 0 radical (unpaired) electrons. The summed E-state index contributed by atoms with van der Waals surface area (Å²) in [6, 6.07) is -0.223. The molecule has 2 atom stereocenters. The van der Waals surface area contributed by atoms with Crippen LogP contribution in [0.5, 0.6) is 0 Å². The van der Waals surface area contributed by atoms with Crippen molar-refractivity contribution >= 4 is 35.0 Å². The minimum atomic E-state index is -0.397. The number of urea groups is 1. The maximum Gasteiger partial charge on any atom is 0.321 e. The fourth-order valence-corrected chi connectivity index (χ4v) is 3.54. The lowest BCUT2D eigenvalue weighted by Crippen LogP contribution is -2.48. The van der Waals surface area contributed by atoms with E-state index in [1.165, 1.54) is 29.5 Å². The van der Waals surface area contributed by atoms with Crippen LogP contribution in [0.15, 0.2) is 9.85 Å². The summed E-state index contributed by atoms with van der Waals surface area (Å²) in [4.78, 5) is 23.4. The summed E-state index contributed by atoms with van der Waals surface area (Å²) in [6.07, 6.45) is 4.47. The molecule has 3 amide bonds. The molecule has 1 aromatic heterocycles. The molecule has 2 N–H and O–H groups in total. The van der Waals surface area contributed by atoms with E-state index in [2.05, 4.69) is 27.8 Å². The van der Waals surface area contributed by atoms with Crippen molar-refractivity contribution in [3.63, 3.8) is 0 Å². The normalized spacial score (nSPS) is 22.2. The number of imide groups is 1. The molecule has 110 valence electrons. The Morgan fingerprint density at radius 1 is 1.45 bits per heavy atom. The van der Waals surface area contributed by atoms with Gasteiger partial charge in [-0.3, -0.25) is 10.1 Å². The summed E-state index contributed by atoms with van der Waals surface area (Å²) in [5.41, 5.74) is 1.61. The predicted molar refractivity (Wildman–Crippen MR) is 78.7 cm³/mol. The molecule has 0 bridgehead atoms. The number of nitrogens with one attached hydrogen (secondary N) is 2. The highest BCUT2D eigenvalue weighted by molar-refractivity contribution is 8.01. The van der Waals surface area contributed by atoms with Gasteiger partial charge in [0.2, 0.25) is 5.91 Å². The second kappa shape index (κ2) is 7.58. The van der Waals surface area contributed by atoms with Crippen LogP contribution in [0.25, 0.3) is 0 Å². The molecule has 1 aliphatic rings. The largest absolute Gasteiger partial charge is 0.335 e. The van der Waals surface area contributed by atoms with E-state index in [1.54, 1.807) is 5.51 Å². The zero-order valence-electron chi connectivity index (χ0n) is 11.3. The van der Waals surface area contributed by atoms with Crippen LogP contribution in [0.1, 0.15) is 32.6 Å². The highest BCUT2D eigenvalue weighted by Crippen LogP contribution is 2.23. The number of rotatable bonds is 4. The molecule has 6 nitrogen and oxygen atoms in total. The van der Waals surface area contributed by atoms with E-state index >= 15 is 0 Å². The molecule has 0 aromatic carbocycles. The molecule has 2 rings (SSSR count). The Kier molecular flexibility index (Phi) is 5.78. The fraction of sp³-hybridized carbons (Fsp3) is 0.667. The van der Waals surface area contributed by atoms with Crippen molar-refractivity contribution in [3.8, 4) is 0 Å². The SMILES string of the molecule is C[C@@H]1CCCC[C@H]1NC(=O)NC(=O)CSc1nncs1. The first-order chi connectivity index (χ1) is 9.65. The lowest BCUT2D eigenvalue weighted by Gasteiger charge is -2.29. The number of carbonyl (C=O) groups is 2. The highest BCUT2D eigenvalue weighted by Gasteiger charge is 2.23. The third-order valence-corrected chi connectivity index (χ3v) is 5.21. The number of hydrogen-bond acceptors (Lipinski definition) is 6. The molecule has 0 saturated heterocycles. The van der Waals surface area contributed by atoms with Crippen LogP contribution in [0.2, 0.25) is 0 Å². The standard InChI is InChI=1S/C12H18N4O2S2/c1-8-4-2-3-5-9(8)14-11(18)15-10(17)6-19-12-16-13-7-20-12/h7-9H,2-6H2,1H3,(H2,14,15,17,18)/t8-,9-/m1/s1. The van der Waals surface area contributed by atoms with Gasteiger partial charge in [-0.25, -0.2) is 4.79 Å². The van der Waals surface area contributed by atoms with E-state index in [0.29, 0.717) is 5.92 Å². The number of nitrogens with zero attached hydrogens (tertiary/aromatic N) is 2. The number of amides is 3. The minimum Gasteiger partial charge on any atom is -0.335 e. The van der Waals surface area contributed by atoms with Crippen molar-refractivity contribution < 1.29 is 9.59 Å². The molecular weight excluding hydrogens is 296 g/mol. The summed E-state index contributed by atoms with van der Waals surface area (Å²) in [5, 5.41) is 12.7. The lowest BCUT2D eigenvalue weighted by atomic mass is 9.86. The lowest BCUT2D eigenvalue weighted by molar-refractivity contribution is -0.117. The molecule has 1 aliphatic carbocycles. The second-order valence-corrected chi connectivity index (χ2v) is 6.94. The zero-order chi connectivity index (χ0) is 14.4. The van der Waals surface area contributed by atoms with Gasteiger partial charge in [0.25, 0.3) is 0 Å². The zero-order valence-corrected chi connectivity index (χ0v) is 12.9. The van der Waals surface area contributed by atoms with Gasteiger partial charge in [0.1, 0.15) is 5.51 Å². The monoisotopic (exact) mass is 314 g/mol. The van der Waals surface area contributed by atoms with Crippen LogP contribution < -0.4 is 10.6 Å². The minimum absolute atomic E-state index is 0.169. The molecular formula is C12H18N4O2S2. The van der Waals surface area contributed by atoms with Gasteiger partial charge in [-0.2, -0.15) is 0 Å². The number of thioether (sulfide) groups is 1. The molecule has 1 heterocycles. The third-order valence-electron chi connectivity index (χ3n) is 3.35. The van der Waals surface area contributed by atoms with Gasteiger partial charge in [0, 0.05) is 6.04 Å². The number of hydrogen-bond donors (Lipinski definition) is 2. The average Bonchev–Trinajstić information content (AvgIpc) is 2.92.